The minimum absolute atomic E-state index is 0.247. The zero-order valence-electron chi connectivity index (χ0n) is 13.7. The number of hydrogen-bond acceptors (Lipinski definition) is 3. The third kappa shape index (κ3) is 3.36. The molecule has 0 unspecified atom stereocenters. The smallest absolute Gasteiger partial charge is 0.339 e. The van der Waals surface area contributed by atoms with Gasteiger partial charge in [0.1, 0.15) is 0 Å². The zero-order valence-corrected chi connectivity index (χ0v) is 13.7. The van der Waals surface area contributed by atoms with Crippen molar-refractivity contribution >= 4 is 11.7 Å². The summed E-state index contributed by atoms with van der Waals surface area (Å²) in [5, 5.41) is 4.19. The highest BCUT2D eigenvalue weighted by molar-refractivity contribution is 6.04. The van der Waals surface area contributed by atoms with Crippen molar-refractivity contribution in [1.29, 1.82) is 0 Å². The minimum Gasteiger partial charge on any atom is -0.362 e. The van der Waals surface area contributed by atoms with Gasteiger partial charge in [-0.15, -0.1) is 0 Å². The number of aryl methyl sites for hydroxylation is 2. The van der Waals surface area contributed by atoms with Gasteiger partial charge in [0.05, 0.1) is 12.1 Å². The highest BCUT2D eigenvalue weighted by Crippen LogP contribution is 2.27. The molecule has 0 saturated heterocycles. The van der Waals surface area contributed by atoms with Gasteiger partial charge in [-0.25, -0.2) is 4.79 Å². The number of hydrogen-bond donors (Lipinski definition) is 1. The molecule has 4 heteroatoms. The van der Waals surface area contributed by atoms with Crippen molar-refractivity contribution < 1.29 is 9.63 Å². The van der Waals surface area contributed by atoms with Crippen LogP contribution in [0.2, 0.25) is 0 Å². The summed E-state index contributed by atoms with van der Waals surface area (Å²) >= 11 is 0. The minimum atomic E-state index is -0.318. The standard InChI is InChI=1S/C19H22N2O2/c1-3-15-13(2)20-16-10-7-11-17(19(15)16)21-23-18(22)12-14-8-5-4-6-9-14/h4-6,8-9,20H,3,7,10-12H2,1-2H3/b21-17+. The molecule has 0 radical (unpaired) electrons. The number of carbonyl (C=O) groups is 1. The second-order valence-corrected chi connectivity index (χ2v) is 5.95. The lowest BCUT2D eigenvalue weighted by Gasteiger charge is -2.14. The predicted molar refractivity (Wildman–Crippen MR) is 90.6 cm³/mol. The van der Waals surface area contributed by atoms with Crippen molar-refractivity contribution in [2.75, 3.05) is 0 Å². The molecule has 0 aliphatic heterocycles. The van der Waals surface area contributed by atoms with E-state index in [2.05, 4.69) is 24.0 Å². The maximum absolute atomic E-state index is 12.0. The lowest BCUT2D eigenvalue weighted by Crippen LogP contribution is -2.14. The fourth-order valence-electron chi connectivity index (χ4n) is 3.26. The summed E-state index contributed by atoms with van der Waals surface area (Å²) in [7, 11) is 0. The van der Waals surface area contributed by atoms with Gasteiger partial charge in [0, 0.05) is 17.0 Å². The molecule has 0 bridgehead atoms. The molecular formula is C19H22N2O2. The first-order chi connectivity index (χ1) is 11.2. The Morgan fingerprint density at radius 2 is 2.04 bits per heavy atom. The van der Waals surface area contributed by atoms with Gasteiger partial charge < -0.3 is 9.82 Å². The Kier molecular flexibility index (Phi) is 4.60. The zero-order chi connectivity index (χ0) is 16.2. The number of fused-ring (bicyclic) bond motifs is 1. The Morgan fingerprint density at radius 3 is 2.78 bits per heavy atom. The van der Waals surface area contributed by atoms with Gasteiger partial charge in [0.15, 0.2) is 0 Å². The average Bonchev–Trinajstić information content (AvgIpc) is 2.89. The Labute approximate surface area is 136 Å². The van der Waals surface area contributed by atoms with Crippen LogP contribution in [0.3, 0.4) is 0 Å². The molecule has 1 heterocycles. The molecule has 0 amide bonds. The van der Waals surface area contributed by atoms with E-state index in [9.17, 15) is 4.79 Å². The van der Waals surface area contributed by atoms with E-state index in [1.54, 1.807) is 0 Å². The highest BCUT2D eigenvalue weighted by Gasteiger charge is 2.23. The lowest BCUT2D eigenvalue weighted by molar-refractivity contribution is -0.142. The number of H-pyrrole nitrogens is 1. The molecule has 0 saturated carbocycles. The van der Waals surface area contributed by atoms with E-state index < -0.39 is 0 Å². The number of carbonyl (C=O) groups excluding carboxylic acids is 1. The summed E-state index contributed by atoms with van der Waals surface area (Å²) in [5.41, 5.74) is 6.72. The molecule has 1 N–H and O–H groups in total. The van der Waals surface area contributed by atoms with Gasteiger partial charge in [0.2, 0.25) is 0 Å². The molecule has 1 aromatic carbocycles. The van der Waals surface area contributed by atoms with Crippen LogP contribution in [0, 0.1) is 6.92 Å². The second-order valence-electron chi connectivity index (χ2n) is 5.95. The molecule has 2 aromatic rings. The number of rotatable bonds is 4. The molecule has 1 aliphatic rings. The maximum Gasteiger partial charge on any atom is 0.339 e. The normalized spacial score (nSPS) is 15.5. The topological polar surface area (TPSA) is 54.4 Å². The van der Waals surface area contributed by atoms with Crippen molar-refractivity contribution in [3.63, 3.8) is 0 Å². The number of aromatic nitrogens is 1. The first-order valence-electron chi connectivity index (χ1n) is 8.20. The van der Waals surface area contributed by atoms with Crippen LogP contribution in [0.15, 0.2) is 35.5 Å². The van der Waals surface area contributed by atoms with Crippen LogP contribution in [0.25, 0.3) is 0 Å². The van der Waals surface area contributed by atoms with Crippen molar-refractivity contribution in [1.82, 2.24) is 4.98 Å². The van der Waals surface area contributed by atoms with Crippen molar-refractivity contribution in [3.8, 4) is 0 Å². The van der Waals surface area contributed by atoms with Crippen LogP contribution in [-0.2, 0) is 28.9 Å². The third-order valence-electron chi connectivity index (χ3n) is 4.33. The van der Waals surface area contributed by atoms with E-state index in [4.69, 9.17) is 4.84 Å². The van der Waals surface area contributed by atoms with E-state index in [1.165, 1.54) is 22.5 Å². The van der Waals surface area contributed by atoms with E-state index >= 15 is 0 Å². The molecule has 1 aromatic heterocycles. The summed E-state index contributed by atoms with van der Waals surface area (Å²) in [6.07, 6.45) is 4.13. The van der Waals surface area contributed by atoms with Crippen LogP contribution >= 0.6 is 0 Å². The summed E-state index contributed by atoms with van der Waals surface area (Å²) in [6, 6.07) is 9.59. The summed E-state index contributed by atoms with van der Waals surface area (Å²) in [4.78, 5) is 20.6. The van der Waals surface area contributed by atoms with E-state index in [-0.39, 0.29) is 12.4 Å². The van der Waals surface area contributed by atoms with Crippen molar-refractivity contribution in [3.05, 3.63) is 58.4 Å². The Morgan fingerprint density at radius 1 is 1.26 bits per heavy atom. The number of nitrogens with zero attached hydrogens (tertiary/aromatic N) is 1. The molecule has 23 heavy (non-hydrogen) atoms. The van der Waals surface area contributed by atoms with Gasteiger partial charge in [-0.2, -0.15) is 0 Å². The monoisotopic (exact) mass is 310 g/mol. The summed E-state index contributed by atoms with van der Waals surface area (Å²) in [6.45, 7) is 4.24. The Hall–Kier alpha value is -2.36. The van der Waals surface area contributed by atoms with Gasteiger partial charge in [-0.05, 0) is 43.7 Å². The molecule has 1 aliphatic carbocycles. The van der Waals surface area contributed by atoms with Gasteiger partial charge >= 0.3 is 5.97 Å². The summed E-state index contributed by atoms with van der Waals surface area (Å²) in [5.74, 6) is -0.318. The fourth-order valence-corrected chi connectivity index (χ4v) is 3.26. The van der Waals surface area contributed by atoms with Gasteiger partial charge in [0.25, 0.3) is 0 Å². The molecule has 3 rings (SSSR count). The molecular weight excluding hydrogens is 288 g/mol. The molecule has 0 spiro atoms. The maximum atomic E-state index is 12.0. The molecule has 120 valence electrons. The van der Waals surface area contributed by atoms with Crippen LogP contribution in [0.4, 0.5) is 0 Å². The number of aromatic amines is 1. The number of benzene rings is 1. The third-order valence-corrected chi connectivity index (χ3v) is 4.33. The van der Waals surface area contributed by atoms with Gasteiger partial charge in [-0.1, -0.05) is 42.4 Å². The number of oxime groups is 1. The Bertz CT molecular complexity index is 729. The highest BCUT2D eigenvalue weighted by atomic mass is 16.7. The van der Waals surface area contributed by atoms with E-state index in [0.717, 1.165) is 37.0 Å². The van der Waals surface area contributed by atoms with Gasteiger partial charge in [-0.3, -0.25) is 0 Å². The quantitative estimate of drug-likeness (QED) is 0.691. The van der Waals surface area contributed by atoms with Crippen LogP contribution < -0.4 is 0 Å². The largest absolute Gasteiger partial charge is 0.362 e. The van der Waals surface area contributed by atoms with Crippen LogP contribution in [-0.4, -0.2) is 16.7 Å². The van der Waals surface area contributed by atoms with Crippen molar-refractivity contribution in [2.45, 2.75) is 46.0 Å². The molecule has 0 fully saturated rings. The predicted octanol–water partition coefficient (Wildman–Crippen LogP) is 3.71. The number of nitrogens with one attached hydrogen (secondary N) is 1. The first-order valence-corrected chi connectivity index (χ1v) is 8.20. The lowest BCUT2D eigenvalue weighted by atomic mass is 9.92. The van der Waals surface area contributed by atoms with E-state index in [0.29, 0.717) is 0 Å². The SMILES string of the molecule is CCc1c(C)[nH]c2c1/C(=N/OC(=O)Cc1ccccc1)CCC2. The molecule has 0 atom stereocenters. The van der Waals surface area contributed by atoms with Crippen LogP contribution in [0.1, 0.15) is 47.8 Å². The van der Waals surface area contributed by atoms with Crippen LogP contribution in [0.5, 0.6) is 0 Å². The Balaban J connectivity index is 1.75. The fraction of sp³-hybridized carbons (Fsp3) is 0.368. The first kappa shape index (κ1) is 15.5. The van der Waals surface area contributed by atoms with E-state index in [1.807, 2.05) is 30.3 Å². The molecule has 4 nitrogen and oxygen atoms in total. The summed E-state index contributed by atoms with van der Waals surface area (Å²) < 4.78 is 0. The second kappa shape index (κ2) is 6.82. The average molecular weight is 310 g/mol. The van der Waals surface area contributed by atoms with Crippen molar-refractivity contribution in [2.24, 2.45) is 5.16 Å².